The Morgan fingerprint density at radius 2 is 1.63 bits per heavy atom. The molecular weight excluding hydrogens is 412 g/mol. The van der Waals surface area contributed by atoms with Crippen LogP contribution in [0.1, 0.15) is 6.42 Å². The zero-order valence-corrected chi connectivity index (χ0v) is 17.0. The molecule has 160 valence electrons. The number of aliphatic carboxylic acids is 1. The number of hydrogen-bond donors (Lipinski definition) is 3. The lowest BCUT2D eigenvalue weighted by Crippen LogP contribution is -2.65. The maximum atomic E-state index is 13.1. The Morgan fingerprint density at radius 1 is 1.10 bits per heavy atom. The zero-order chi connectivity index (χ0) is 22.1. The van der Waals surface area contributed by atoms with E-state index in [0.29, 0.717) is 5.75 Å². The molecule has 10 heteroatoms. The molecule has 9 nitrogen and oxygen atoms in total. The van der Waals surface area contributed by atoms with Crippen molar-refractivity contribution in [3.63, 3.8) is 0 Å². The molecule has 2 amide bonds. The summed E-state index contributed by atoms with van der Waals surface area (Å²) in [6.07, 6.45) is -0.256. The summed E-state index contributed by atoms with van der Waals surface area (Å²) in [4.78, 5) is 23.9. The van der Waals surface area contributed by atoms with Crippen molar-refractivity contribution in [3.05, 3.63) is 48.5 Å². The Hall–Kier alpha value is -3.11. The third-order valence-corrected chi connectivity index (χ3v) is 7.59. The Kier molecular flexibility index (Phi) is 5.73. The molecule has 4 N–H and O–H groups in total. The van der Waals surface area contributed by atoms with Gasteiger partial charge in [0.15, 0.2) is 15.4 Å². The summed E-state index contributed by atoms with van der Waals surface area (Å²) in [5, 5.41) is 18.6. The van der Waals surface area contributed by atoms with E-state index in [1.54, 1.807) is 31.4 Å². The fourth-order valence-corrected chi connectivity index (χ4v) is 5.52. The minimum atomic E-state index is -4.20. The fraction of sp³-hybridized carbons (Fsp3) is 0.300. The second-order valence-electron chi connectivity index (χ2n) is 7.06. The number of carbonyl (C=O) groups excluding carboxylic acids is 1. The summed E-state index contributed by atoms with van der Waals surface area (Å²) in [6, 6.07) is 12.2. The molecular formula is C20H22N2O7S. The number of carboxylic acid groups (broad SMARTS) is 1. The average Bonchev–Trinajstić information content (AvgIpc) is 2.73. The number of benzene rings is 2. The molecule has 0 aromatic heterocycles. The molecule has 0 saturated carbocycles. The van der Waals surface area contributed by atoms with Gasteiger partial charge in [-0.25, -0.2) is 18.0 Å². The monoisotopic (exact) mass is 434 g/mol. The van der Waals surface area contributed by atoms with Gasteiger partial charge in [0, 0.05) is 6.54 Å². The normalized spacial score (nSPS) is 21.8. The molecule has 2 aromatic carbocycles. The highest BCUT2D eigenvalue weighted by Gasteiger charge is 2.55. The second-order valence-corrected chi connectivity index (χ2v) is 9.19. The highest BCUT2D eigenvalue weighted by atomic mass is 32.2. The minimum absolute atomic E-state index is 0.0707. The van der Waals surface area contributed by atoms with Gasteiger partial charge in [0.1, 0.15) is 11.0 Å². The number of nitrogens with zero attached hydrogens (tertiary/aromatic N) is 1. The first-order valence-electron chi connectivity index (χ1n) is 9.08. The number of urea groups is 1. The Morgan fingerprint density at radius 3 is 2.10 bits per heavy atom. The Bertz CT molecular complexity index is 1050. The topological polar surface area (TPSA) is 147 Å². The number of methoxy groups -OCH3 is 1. The molecule has 0 radical (unpaired) electrons. The molecule has 2 aromatic rings. The van der Waals surface area contributed by atoms with Crippen molar-refractivity contribution < 1.29 is 33.0 Å². The van der Waals surface area contributed by atoms with Gasteiger partial charge in [-0.15, -0.1) is 0 Å². The van der Waals surface area contributed by atoms with Crippen LogP contribution in [0.25, 0.3) is 11.1 Å². The quantitative estimate of drug-likeness (QED) is 0.638. The van der Waals surface area contributed by atoms with E-state index in [0.717, 1.165) is 16.0 Å². The van der Waals surface area contributed by atoms with Crippen LogP contribution >= 0.6 is 0 Å². The molecule has 1 saturated heterocycles. The predicted octanol–water partition coefficient (Wildman–Crippen LogP) is 1.10. The summed E-state index contributed by atoms with van der Waals surface area (Å²) in [6.45, 7) is -0.774. The number of primary amides is 1. The number of rotatable bonds is 5. The smallest absolute Gasteiger partial charge is 0.338 e. The van der Waals surface area contributed by atoms with Crippen LogP contribution < -0.4 is 10.5 Å². The minimum Gasteiger partial charge on any atom is -0.497 e. The number of nitrogens with two attached hydrogens (primary N) is 1. The van der Waals surface area contributed by atoms with Crippen LogP contribution in [-0.2, 0) is 14.6 Å². The van der Waals surface area contributed by atoms with Gasteiger partial charge in [0.25, 0.3) is 0 Å². The molecule has 1 aliphatic heterocycles. The first-order valence-corrected chi connectivity index (χ1v) is 10.6. The lowest BCUT2D eigenvalue weighted by atomic mass is 9.92. The SMILES string of the molecule is COc1ccc(-c2ccc(S(=O)(=O)C3CCN(C(N)=O)CC3(O)C(=O)O)cc2)cc1. The lowest BCUT2D eigenvalue weighted by molar-refractivity contribution is -0.162. The van der Waals surface area contributed by atoms with Gasteiger partial charge in [0.2, 0.25) is 0 Å². The number of ether oxygens (including phenoxy) is 1. The molecule has 0 aliphatic carbocycles. The number of sulfone groups is 1. The summed E-state index contributed by atoms with van der Waals surface area (Å²) < 4.78 is 31.4. The van der Waals surface area contributed by atoms with Crippen LogP contribution in [0.4, 0.5) is 4.79 Å². The molecule has 0 bridgehead atoms. The van der Waals surface area contributed by atoms with Crippen LogP contribution in [0.3, 0.4) is 0 Å². The van der Waals surface area contributed by atoms with Crippen molar-refractivity contribution >= 4 is 21.8 Å². The number of amides is 2. The van der Waals surface area contributed by atoms with E-state index in [2.05, 4.69) is 0 Å². The highest BCUT2D eigenvalue weighted by molar-refractivity contribution is 7.92. The first-order chi connectivity index (χ1) is 14.1. The number of carbonyl (C=O) groups is 2. The first kappa shape index (κ1) is 21.6. The van der Waals surface area contributed by atoms with E-state index in [4.69, 9.17) is 10.5 Å². The van der Waals surface area contributed by atoms with Crippen molar-refractivity contribution in [1.29, 1.82) is 0 Å². The van der Waals surface area contributed by atoms with E-state index < -0.39 is 39.2 Å². The van der Waals surface area contributed by atoms with Crippen molar-refractivity contribution in [2.24, 2.45) is 5.73 Å². The van der Waals surface area contributed by atoms with Gasteiger partial charge < -0.3 is 25.6 Å². The summed E-state index contributed by atoms with van der Waals surface area (Å²) >= 11 is 0. The van der Waals surface area contributed by atoms with Crippen molar-refractivity contribution in [1.82, 2.24) is 4.90 Å². The second kappa shape index (κ2) is 7.96. The Balaban J connectivity index is 1.92. The fourth-order valence-electron chi connectivity index (χ4n) is 3.57. The number of piperidine rings is 1. The number of β-amino-alcohol motifs (C(OH)–C–C–N with tert-alkyl or cyclic N) is 1. The number of likely N-dealkylation sites (tertiary alicyclic amines) is 1. The van der Waals surface area contributed by atoms with E-state index in [-0.39, 0.29) is 17.9 Å². The molecule has 3 rings (SSSR count). The zero-order valence-electron chi connectivity index (χ0n) is 16.2. The van der Waals surface area contributed by atoms with E-state index >= 15 is 0 Å². The number of hydrogen-bond acceptors (Lipinski definition) is 6. The average molecular weight is 434 g/mol. The van der Waals surface area contributed by atoms with Gasteiger partial charge in [-0.1, -0.05) is 24.3 Å². The van der Waals surface area contributed by atoms with Gasteiger partial charge >= 0.3 is 12.0 Å². The summed E-state index contributed by atoms with van der Waals surface area (Å²) in [7, 11) is -2.65. The third-order valence-electron chi connectivity index (χ3n) is 5.29. The molecule has 30 heavy (non-hydrogen) atoms. The standard InChI is InChI=1S/C20H22N2O7S/c1-29-15-6-2-13(3-7-15)14-4-8-16(9-5-14)30(27,28)17-10-11-22(19(21)25)12-20(17,26)18(23)24/h2-9,17,26H,10-12H2,1H3,(H2,21,25)(H,23,24). The maximum absolute atomic E-state index is 13.1. The largest absolute Gasteiger partial charge is 0.497 e. The summed E-state index contributed by atoms with van der Waals surface area (Å²) in [5.41, 5.74) is 4.11. The van der Waals surface area contributed by atoms with E-state index in [9.17, 15) is 28.2 Å². The molecule has 1 heterocycles. The summed E-state index contributed by atoms with van der Waals surface area (Å²) in [5.74, 6) is -1.04. The number of carboxylic acids is 1. The molecule has 2 atom stereocenters. The van der Waals surface area contributed by atoms with Crippen LogP contribution in [0, 0.1) is 0 Å². The molecule has 2 unspecified atom stereocenters. The van der Waals surface area contributed by atoms with Crippen molar-refractivity contribution in [3.8, 4) is 16.9 Å². The van der Waals surface area contributed by atoms with Gasteiger partial charge in [-0.3, -0.25) is 0 Å². The van der Waals surface area contributed by atoms with Gasteiger partial charge in [-0.2, -0.15) is 0 Å². The van der Waals surface area contributed by atoms with Crippen LogP contribution in [0.15, 0.2) is 53.4 Å². The predicted molar refractivity (Wildman–Crippen MR) is 108 cm³/mol. The van der Waals surface area contributed by atoms with Gasteiger partial charge in [-0.05, 0) is 41.8 Å². The highest BCUT2D eigenvalue weighted by Crippen LogP contribution is 2.33. The molecule has 1 fully saturated rings. The van der Waals surface area contributed by atoms with Gasteiger partial charge in [0.05, 0.1) is 18.6 Å². The van der Waals surface area contributed by atoms with E-state index in [1.807, 2.05) is 12.1 Å². The molecule has 1 aliphatic rings. The Labute approximate surface area is 173 Å². The number of aliphatic hydroxyl groups is 1. The van der Waals surface area contributed by atoms with Crippen molar-refractivity contribution in [2.45, 2.75) is 22.2 Å². The van der Waals surface area contributed by atoms with E-state index in [1.165, 1.54) is 12.1 Å². The van der Waals surface area contributed by atoms with Crippen LogP contribution in [-0.4, -0.2) is 66.6 Å². The van der Waals surface area contributed by atoms with Crippen molar-refractivity contribution in [2.75, 3.05) is 20.2 Å². The third kappa shape index (κ3) is 3.83. The molecule has 0 spiro atoms. The van der Waals surface area contributed by atoms with Crippen LogP contribution in [0.5, 0.6) is 5.75 Å². The maximum Gasteiger partial charge on any atom is 0.338 e. The lowest BCUT2D eigenvalue weighted by Gasteiger charge is -2.40. The van der Waals surface area contributed by atoms with Crippen LogP contribution in [0.2, 0.25) is 0 Å².